The number of hydrogen-bond acceptors (Lipinski definition) is 4. The Morgan fingerprint density at radius 1 is 1.22 bits per heavy atom. The number of carbonyl (C=O) groups is 2. The highest BCUT2D eigenvalue weighted by Gasteiger charge is 2.55. The smallest absolute Gasteiger partial charge is 0.373 e. The Kier molecular flexibility index (Phi) is 6.49. The van der Waals surface area contributed by atoms with Crippen molar-refractivity contribution in [2.45, 2.75) is 63.0 Å². The van der Waals surface area contributed by atoms with Crippen molar-refractivity contribution in [1.29, 1.82) is 0 Å². The second kappa shape index (κ2) is 9.02. The molecular weight excluding hydrogens is 423 g/mol. The number of benzene rings is 1. The van der Waals surface area contributed by atoms with Crippen LogP contribution in [0, 0.1) is 5.92 Å². The summed E-state index contributed by atoms with van der Waals surface area (Å²) in [4.78, 5) is 27.5. The average Bonchev–Trinajstić information content (AvgIpc) is 3.33. The van der Waals surface area contributed by atoms with Crippen molar-refractivity contribution in [2.75, 3.05) is 26.2 Å². The van der Waals surface area contributed by atoms with Crippen molar-refractivity contribution in [3.05, 3.63) is 35.9 Å². The van der Waals surface area contributed by atoms with Gasteiger partial charge in [-0.3, -0.25) is 14.5 Å². The number of nitrogens with one attached hydrogen (secondary N) is 1. The zero-order chi connectivity index (χ0) is 22.9. The van der Waals surface area contributed by atoms with E-state index in [2.05, 4.69) is 5.32 Å². The van der Waals surface area contributed by atoms with Gasteiger partial charge in [0.1, 0.15) is 0 Å². The zero-order valence-electron chi connectivity index (χ0n) is 18.2. The van der Waals surface area contributed by atoms with Gasteiger partial charge in [-0.25, -0.2) is 0 Å². The first-order valence-electron chi connectivity index (χ1n) is 11.2. The fourth-order valence-corrected chi connectivity index (χ4v) is 4.95. The number of alkyl halides is 3. The van der Waals surface area contributed by atoms with E-state index in [1.54, 1.807) is 0 Å². The number of piperidine rings is 1. The summed E-state index contributed by atoms with van der Waals surface area (Å²) in [6.45, 7) is 4.05. The van der Waals surface area contributed by atoms with Gasteiger partial charge in [0, 0.05) is 25.7 Å². The molecule has 0 radical (unpaired) electrons. The van der Waals surface area contributed by atoms with Crippen LogP contribution in [-0.4, -0.2) is 71.7 Å². The van der Waals surface area contributed by atoms with E-state index in [0.29, 0.717) is 45.3 Å². The first kappa shape index (κ1) is 23.0. The van der Waals surface area contributed by atoms with Crippen molar-refractivity contribution < 1.29 is 27.5 Å². The van der Waals surface area contributed by atoms with Crippen LogP contribution < -0.4 is 5.32 Å². The molecule has 1 saturated carbocycles. The van der Waals surface area contributed by atoms with Crippen molar-refractivity contribution in [2.24, 2.45) is 5.92 Å². The molecule has 1 aromatic rings. The lowest BCUT2D eigenvalue weighted by Crippen LogP contribution is -2.50. The molecule has 9 heteroatoms. The lowest BCUT2D eigenvalue weighted by Gasteiger charge is -2.39. The molecule has 1 aromatic carbocycles. The maximum absolute atomic E-state index is 13.2. The van der Waals surface area contributed by atoms with Gasteiger partial charge in [-0.2, -0.15) is 13.2 Å². The van der Waals surface area contributed by atoms with Gasteiger partial charge in [-0.15, -0.1) is 0 Å². The molecule has 2 saturated heterocycles. The van der Waals surface area contributed by atoms with Crippen LogP contribution in [0.5, 0.6) is 0 Å². The second-order valence-corrected chi connectivity index (χ2v) is 9.38. The van der Waals surface area contributed by atoms with Gasteiger partial charge in [-0.1, -0.05) is 37.3 Å². The van der Waals surface area contributed by atoms with E-state index in [-0.39, 0.29) is 31.0 Å². The molecule has 1 spiro atoms. The van der Waals surface area contributed by atoms with Gasteiger partial charge in [0.25, 0.3) is 0 Å². The van der Waals surface area contributed by atoms with Gasteiger partial charge < -0.3 is 15.0 Å². The molecule has 0 bridgehead atoms. The Morgan fingerprint density at radius 2 is 1.88 bits per heavy atom. The highest BCUT2D eigenvalue weighted by Crippen LogP contribution is 2.44. The van der Waals surface area contributed by atoms with Crippen molar-refractivity contribution >= 4 is 11.8 Å². The maximum atomic E-state index is 13.2. The lowest BCUT2D eigenvalue weighted by molar-refractivity contribution is -0.188. The molecule has 2 amide bonds. The molecule has 1 N–H and O–H groups in total. The molecule has 2 aliphatic heterocycles. The zero-order valence-corrected chi connectivity index (χ0v) is 18.2. The van der Waals surface area contributed by atoms with E-state index in [1.165, 1.54) is 0 Å². The largest absolute Gasteiger partial charge is 0.471 e. The molecule has 1 unspecified atom stereocenters. The highest BCUT2D eigenvalue weighted by molar-refractivity contribution is 5.83. The minimum Gasteiger partial charge on any atom is -0.373 e. The van der Waals surface area contributed by atoms with Crippen LogP contribution in [0.2, 0.25) is 0 Å². The fourth-order valence-electron chi connectivity index (χ4n) is 4.95. The molecule has 176 valence electrons. The van der Waals surface area contributed by atoms with Crippen molar-refractivity contribution in [1.82, 2.24) is 15.1 Å². The van der Waals surface area contributed by atoms with Crippen LogP contribution in [0.1, 0.15) is 38.2 Å². The first-order valence-corrected chi connectivity index (χ1v) is 11.2. The SMILES string of the molecule is C[C@@H]1C[C@H]1N(C(=O)C(F)(F)F)C1COC2(CCN(CC(=O)NCc3ccccc3)CC2)C1. The van der Waals surface area contributed by atoms with Crippen LogP contribution >= 0.6 is 0 Å². The Labute approximate surface area is 186 Å². The molecule has 2 heterocycles. The van der Waals surface area contributed by atoms with E-state index in [4.69, 9.17) is 4.74 Å². The number of carbonyl (C=O) groups excluding carboxylic acids is 2. The molecule has 3 aliphatic rings. The number of halogens is 3. The molecule has 4 rings (SSSR count). The quantitative estimate of drug-likeness (QED) is 0.720. The molecular formula is C23H30F3N3O3. The molecule has 32 heavy (non-hydrogen) atoms. The summed E-state index contributed by atoms with van der Waals surface area (Å²) in [5.74, 6) is -1.71. The third-order valence-corrected chi connectivity index (χ3v) is 6.95. The Hall–Kier alpha value is -2.13. The summed E-state index contributed by atoms with van der Waals surface area (Å²) in [5, 5.41) is 2.92. The number of nitrogens with zero attached hydrogens (tertiary/aromatic N) is 2. The Bertz CT molecular complexity index is 825. The summed E-state index contributed by atoms with van der Waals surface area (Å²) in [7, 11) is 0. The summed E-state index contributed by atoms with van der Waals surface area (Å²) in [5.41, 5.74) is 0.524. The Morgan fingerprint density at radius 3 is 2.47 bits per heavy atom. The molecule has 6 nitrogen and oxygen atoms in total. The predicted octanol–water partition coefficient (Wildman–Crippen LogP) is 2.73. The van der Waals surface area contributed by atoms with Crippen molar-refractivity contribution in [3.8, 4) is 0 Å². The minimum absolute atomic E-state index is 0.0558. The van der Waals surface area contributed by atoms with Crippen molar-refractivity contribution in [3.63, 3.8) is 0 Å². The van der Waals surface area contributed by atoms with Gasteiger partial charge in [0.2, 0.25) is 5.91 Å². The van der Waals surface area contributed by atoms with E-state index >= 15 is 0 Å². The Balaban J connectivity index is 1.27. The fraction of sp³-hybridized carbons (Fsp3) is 0.652. The summed E-state index contributed by atoms with van der Waals surface area (Å²) >= 11 is 0. The van der Waals surface area contributed by atoms with Gasteiger partial charge >= 0.3 is 12.1 Å². The summed E-state index contributed by atoms with van der Waals surface area (Å²) < 4.78 is 45.5. The van der Waals surface area contributed by atoms with Gasteiger partial charge in [0.05, 0.1) is 24.8 Å². The molecule has 1 aliphatic carbocycles. The van der Waals surface area contributed by atoms with E-state index < -0.39 is 23.7 Å². The van der Waals surface area contributed by atoms with Crippen LogP contribution in [0.15, 0.2) is 30.3 Å². The van der Waals surface area contributed by atoms with E-state index in [1.807, 2.05) is 42.2 Å². The lowest BCUT2D eigenvalue weighted by atomic mass is 9.87. The monoisotopic (exact) mass is 453 g/mol. The predicted molar refractivity (Wildman–Crippen MR) is 112 cm³/mol. The van der Waals surface area contributed by atoms with Crippen LogP contribution in [0.25, 0.3) is 0 Å². The summed E-state index contributed by atoms with van der Waals surface area (Å²) in [6.07, 6.45) is -2.55. The van der Waals surface area contributed by atoms with Crippen LogP contribution in [-0.2, 0) is 20.9 Å². The average molecular weight is 454 g/mol. The number of rotatable bonds is 6. The maximum Gasteiger partial charge on any atom is 0.471 e. The van der Waals surface area contributed by atoms with E-state index in [9.17, 15) is 22.8 Å². The highest BCUT2D eigenvalue weighted by atomic mass is 19.4. The number of likely N-dealkylation sites (tertiary alicyclic amines) is 1. The topological polar surface area (TPSA) is 61.9 Å². The number of amides is 2. The normalized spacial score (nSPS) is 27.3. The standard InChI is InChI=1S/C23H30F3N3O3/c1-16-11-19(16)29(21(31)23(24,25)26)18-12-22(32-15-18)7-9-28(10-8-22)14-20(30)27-13-17-5-3-2-4-6-17/h2-6,16,18-19H,7-15H2,1H3,(H,27,30)/t16-,18?,19-/m1/s1. The van der Waals surface area contributed by atoms with E-state index in [0.717, 1.165) is 10.5 Å². The third-order valence-electron chi connectivity index (χ3n) is 6.95. The van der Waals surface area contributed by atoms with Crippen LogP contribution in [0.4, 0.5) is 13.2 Å². The van der Waals surface area contributed by atoms with Gasteiger partial charge in [0.15, 0.2) is 0 Å². The van der Waals surface area contributed by atoms with Crippen LogP contribution in [0.3, 0.4) is 0 Å². The minimum atomic E-state index is -4.87. The second-order valence-electron chi connectivity index (χ2n) is 9.38. The number of hydrogen-bond donors (Lipinski definition) is 1. The summed E-state index contributed by atoms with van der Waals surface area (Å²) in [6, 6.07) is 8.79. The molecule has 0 aromatic heterocycles. The molecule has 3 fully saturated rings. The third kappa shape index (κ3) is 5.26. The molecule has 3 atom stereocenters. The first-order chi connectivity index (χ1) is 15.2. The van der Waals surface area contributed by atoms with Gasteiger partial charge in [-0.05, 0) is 37.2 Å². The number of ether oxygens (including phenoxy) is 1.